The normalized spacial score (nSPS) is 14.0. The summed E-state index contributed by atoms with van der Waals surface area (Å²) in [4.78, 5) is 34.3. The van der Waals surface area contributed by atoms with Gasteiger partial charge in [0.05, 0.1) is 5.75 Å². The molecule has 1 saturated heterocycles. The van der Waals surface area contributed by atoms with E-state index in [9.17, 15) is 9.59 Å². The molecule has 25 heavy (non-hydrogen) atoms. The SMILES string of the molecule is Cc1cc(SCC(=O)Nc2cccc(N3CCCC3=O)c2)nc(C)n1. The lowest BCUT2D eigenvalue weighted by Crippen LogP contribution is -2.23. The first-order chi connectivity index (χ1) is 12.0. The van der Waals surface area contributed by atoms with Crippen molar-refractivity contribution in [3.05, 3.63) is 41.9 Å². The minimum Gasteiger partial charge on any atom is -0.325 e. The largest absolute Gasteiger partial charge is 0.325 e. The molecule has 1 aromatic heterocycles. The van der Waals surface area contributed by atoms with Crippen LogP contribution in [0.3, 0.4) is 0 Å². The van der Waals surface area contributed by atoms with Crippen LogP contribution in [0.2, 0.25) is 0 Å². The van der Waals surface area contributed by atoms with Crippen molar-refractivity contribution in [2.75, 3.05) is 22.5 Å². The van der Waals surface area contributed by atoms with Crippen LogP contribution in [0.4, 0.5) is 11.4 Å². The molecule has 7 heteroatoms. The van der Waals surface area contributed by atoms with Crippen molar-refractivity contribution < 1.29 is 9.59 Å². The van der Waals surface area contributed by atoms with Crippen LogP contribution in [0.25, 0.3) is 0 Å². The molecular formula is C18H20N4O2S. The summed E-state index contributed by atoms with van der Waals surface area (Å²) in [5, 5.41) is 3.67. The zero-order valence-corrected chi connectivity index (χ0v) is 15.1. The highest BCUT2D eigenvalue weighted by Crippen LogP contribution is 2.24. The highest BCUT2D eigenvalue weighted by atomic mass is 32.2. The molecule has 3 rings (SSSR count). The molecule has 0 bridgehead atoms. The molecule has 1 aromatic carbocycles. The molecule has 2 aromatic rings. The molecule has 2 heterocycles. The molecule has 0 aliphatic carbocycles. The fourth-order valence-corrected chi connectivity index (χ4v) is 3.57. The van der Waals surface area contributed by atoms with E-state index in [0.717, 1.165) is 29.4 Å². The first kappa shape index (κ1) is 17.4. The Labute approximate surface area is 151 Å². The Morgan fingerprint density at radius 3 is 2.84 bits per heavy atom. The summed E-state index contributed by atoms with van der Waals surface area (Å²) in [5.74, 6) is 0.992. The van der Waals surface area contributed by atoms with Gasteiger partial charge in [-0.3, -0.25) is 9.59 Å². The topological polar surface area (TPSA) is 75.2 Å². The quantitative estimate of drug-likeness (QED) is 0.658. The van der Waals surface area contributed by atoms with Crippen molar-refractivity contribution in [1.82, 2.24) is 9.97 Å². The van der Waals surface area contributed by atoms with E-state index in [2.05, 4.69) is 15.3 Å². The van der Waals surface area contributed by atoms with Crippen molar-refractivity contribution in [3.8, 4) is 0 Å². The van der Waals surface area contributed by atoms with Crippen LogP contribution in [0, 0.1) is 13.8 Å². The maximum absolute atomic E-state index is 12.2. The van der Waals surface area contributed by atoms with Gasteiger partial charge in [0.25, 0.3) is 0 Å². The van der Waals surface area contributed by atoms with Crippen LogP contribution in [0.5, 0.6) is 0 Å². The van der Waals surface area contributed by atoms with Gasteiger partial charge in [-0.15, -0.1) is 0 Å². The van der Waals surface area contributed by atoms with Gasteiger partial charge in [-0.1, -0.05) is 17.8 Å². The fourth-order valence-electron chi connectivity index (χ4n) is 2.77. The van der Waals surface area contributed by atoms with Crippen LogP contribution in [-0.2, 0) is 9.59 Å². The summed E-state index contributed by atoms with van der Waals surface area (Å²) >= 11 is 1.38. The zero-order chi connectivity index (χ0) is 17.8. The summed E-state index contributed by atoms with van der Waals surface area (Å²) in [5.41, 5.74) is 2.41. The molecule has 130 valence electrons. The Hall–Kier alpha value is -2.41. The number of carbonyl (C=O) groups excluding carboxylic acids is 2. The Balaban J connectivity index is 1.60. The minimum absolute atomic E-state index is 0.108. The van der Waals surface area contributed by atoms with Gasteiger partial charge in [-0.2, -0.15) is 0 Å². The summed E-state index contributed by atoms with van der Waals surface area (Å²) in [7, 11) is 0. The van der Waals surface area contributed by atoms with E-state index in [1.54, 1.807) is 4.90 Å². The standard InChI is InChI=1S/C18H20N4O2S/c1-12-9-17(20-13(2)19-12)25-11-16(23)21-14-5-3-6-15(10-14)22-8-4-7-18(22)24/h3,5-6,9-10H,4,7-8,11H2,1-2H3,(H,21,23). The van der Waals surface area contributed by atoms with Crippen molar-refractivity contribution in [3.63, 3.8) is 0 Å². The highest BCUT2D eigenvalue weighted by Gasteiger charge is 2.21. The lowest BCUT2D eigenvalue weighted by Gasteiger charge is -2.16. The third kappa shape index (κ3) is 4.57. The van der Waals surface area contributed by atoms with Gasteiger partial charge >= 0.3 is 0 Å². The van der Waals surface area contributed by atoms with Crippen LogP contribution in [0.1, 0.15) is 24.4 Å². The maximum atomic E-state index is 12.2. The van der Waals surface area contributed by atoms with Gasteiger partial charge in [-0.05, 0) is 44.5 Å². The van der Waals surface area contributed by atoms with Crippen molar-refractivity contribution in [1.29, 1.82) is 0 Å². The number of benzene rings is 1. The van der Waals surface area contributed by atoms with Gasteiger partial charge in [0.1, 0.15) is 10.9 Å². The highest BCUT2D eigenvalue weighted by molar-refractivity contribution is 7.99. The molecule has 0 atom stereocenters. The van der Waals surface area contributed by atoms with Crippen molar-refractivity contribution in [2.24, 2.45) is 0 Å². The third-order valence-electron chi connectivity index (χ3n) is 3.81. The summed E-state index contributed by atoms with van der Waals surface area (Å²) in [6.45, 7) is 4.48. The first-order valence-corrected chi connectivity index (χ1v) is 9.15. The predicted molar refractivity (Wildman–Crippen MR) is 98.9 cm³/mol. The zero-order valence-electron chi connectivity index (χ0n) is 14.3. The van der Waals surface area contributed by atoms with E-state index in [1.807, 2.05) is 44.2 Å². The van der Waals surface area contributed by atoms with E-state index in [0.29, 0.717) is 17.9 Å². The summed E-state index contributed by atoms with van der Waals surface area (Å²) in [6, 6.07) is 9.27. The average Bonchev–Trinajstić information content (AvgIpc) is 2.98. The van der Waals surface area contributed by atoms with E-state index >= 15 is 0 Å². The molecule has 0 unspecified atom stereocenters. The first-order valence-electron chi connectivity index (χ1n) is 8.16. The second kappa shape index (κ2) is 7.65. The third-order valence-corrected chi connectivity index (χ3v) is 4.72. The Kier molecular flexibility index (Phi) is 5.33. The monoisotopic (exact) mass is 356 g/mol. The molecule has 0 saturated carbocycles. The van der Waals surface area contributed by atoms with Crippen LogP contribution in [-0.4, -0.2) is 34.1 Å². The van der Waals surface area contributed by atoms with E-state index in [4.69, 9.17) is 0 Å². The number of hydrogen-bond acceptors (Lipinski definition) is 5. The van der Waals surface area contributed by atoms with Gasteiger partial charge in [-0.25, -0.2) is 9.97 Å². The van der Waals surface area contributed by atoms with E-state index in [-0.39, 0.29) is 17.6 Å². The molecule has 0 radical (unpaired) electrons. The molecular weight excluding hydrogens is 336 g/mol. The second-order valence-corrected chi connectivity index (χ2v) is 6.93. The van der Waals surface area contributed by atoms with E-state index < -0.39 is 0 Å². The van der Waals surface area contributed by atoms with E-state index in [1.165, 1.54) is 11.8 Å². The molecule has 6 nitrogen and oxygen atoms in total. The van der Waals surface area contributed by atoms with Crippen molar-refractivity contribution in [2.45, 2.75) is 31.7 Å². The van der Waals surface area contributed by atoms with Crippen molar-refractivity contribution >= 4 is 35.0 Å². The maximum Gasteiger partial charge on any atom is 0.234 e. The van der Waals surface area contributed by atoms with Crippen LogP contribution < -0.4 is 10.2 Å². The van der Waals surface area contributed by atoms with Gasteiger partial charge < -0.3 is 10.2 Å². The molecule has 1 fully saturated rings. The van der Waals surface area contributed by atoms with Gasteiger partial charge in [0, 0.05) is 30.0 Å². The number of nitrogens with one attached hydrogen (secondary N) is 1. The van der Waals surface area contributed by atoms with Crippen LogP contribution >= 0.6 is 11.8 Å². The number of rotatable bonds is 5. The minimum atomic E-state index is -0.108. The lowest BCUT2D eigenvalue weighted by molar-refractivity contribution is -0.117. The lowest BCUT2D eigenvalue weighted by atomic mass is 10.2. The fraction of sp³-hybridized carbons (Fsp3) is 0.333. The second-order valence-electron chi connectivity index (χ2n) is 5.93. The number of hydrogen-bond donors (Lipinski definition) is 1. The number of thioether (sulfide) groups is 1. The Bertz CT molecular complexity index is 789. The Morgan fingerprint density at radius 1 is 1.28 bits per heavy atom. The van der Waals surface area contributed by atoms with Crippen LogP contribution in [0.15, 0.2) is 35.4 Å². The number of carbonyl (C=O) groups is 2. The number of aromatic nitrogens is 2. The number of nitrogens with zero attached hydrogens (tertiary/aromatic N) is 3. The predicted octanol–water partition coefficient (Wildman–Crippen LogP) is 2.95. The summed E-state index contributed by atoms with van der Waals surface area (Å²) < 4.78 is 0. The average molecular weight is 356 g/mol. The number of aryl methyl sites for hydroxylation is 2. The summed E-state index contributed by atoms with van der Waals surface area (Å²) in [6.07, 6.45) is 1.47. The molecule has 1 N–H and O–H groups in total. The Morgan fingerprint density at radius 2 is 2.12 bits per heavy atom. The molecule has 0 spiro atoms. The van der Waals surface area contributed by atoms with Gasteiger partial charge in [0.15, 0.2) is 0 Å². The number of anilines is 2. The smallest absolute Gasteiger partial charge is 0.234 e. The van der Waals surface area contributed by atoms with Gasteiger partial charge in [0.2, 0.25) is 11.8 Å². The molecule has 2 amide bonds. The number of amides is 2. The molecule has 1 aliphatic heterocycles. The molecule has 1 aliphatic rings.